The number of hydrogen-bond acceptors (Lipinski definition) is 2. The second-order valence-corrected chi connectivity index (χ2v) is 4.35. The number of carbonyl (C=O) groups is 2. The molecule has 0 atom stereocenters. The van der Waals surface area contributed by atoms with Gasteiger partial charge in [-0.3, -0.25) is 9.59 Å². The SMILES string of the molecule is O=C(O)Cc1ccc(NC(=O)c2cc(F)ccc2F)cc1. The van der Waals surface area contributed by atoms with Gasteiger partial charge in [-0.25, -0.2) is 8.78 Å². The maximum Gasteiger partial charge on any atom is 0.307 e. The van der Waals surface area contributed by atoms with Gasteiger partial charge in [-0.15, -0.1) is 0 Å². The van der Waals surface area contributed by atoms with E-state index in [2.05, 4.69) is 5.32 Å². The summed E-state index contributed by atoms with van der Waals surface area (Å²) in [6.07, 6.45) is -0.132. The molecule has 0 aliphatic heterocycles. The third-order valence-corrected chi connectivity index (χ3v) is 2.74. The molecule has 2 aromatic carbocycles. The van der Waals surface area contributed by atoms with Crippen molar-refractivity contribution in [1.82, 2.24) is 0 Å². The lowest BCUT2D eigenvalue weighted by molar-refractivity contribution is -0.136. The number of benzene rings is 2. The van der Waals surface area contributed by atoms with Crippen molar-refractivity contribution in [2.75, 3.05) is 5.32 Å². The van der Waals surface area contributed by atoms with E-state index < -0.39 is 29.1 Å². The molecule has 2 aromatic rings. The van der Waals surface area contributed by atoms with Crippen LogP contribution in [0.15, 0.2) is 42.5 Å². The van der Waals surface area contributed by atoms with Crippen molar-refractivity contribution in [3.63, 3.8) is 0 Å². The minimum atomic E-state index is -0.964. The Morgan fingerprint density at radius 1 is 1.05 bits per heavy atom. The van der Waals surface area contributed by atoms with Crippen molar-refractivity contribution in [2.24, 2.45) is 0 Å². The van der Waals surface area contributed by atoms with Crippen LogP contribution in [0, 0.1) is 11.6 Å². The Morgan fingerprint density at radius 2 is 1.71 bits per heavy atom. The Balaban J connectivity index is 2.12. The second-order valence-electron chi connectivity index (χ2n) is 4.35. The lowest BCUT2D eigenvalue weighted by atomic mass is 10.1. The summed E-state index contributed by atoms with van der Waals surface area (Å²) in [5.41, 5.74) is 0.528. The third kappa shape index (κ3) is 3.85. The summed E-state index contributed by atoms with van der Waals surface area (Å²) in [4.78, 5) is 22.4. The van der Waals surface area contributed by atoms with Crippen LogP contribution in [0.4, 0.5) is 14.5 Å². The van der Waals surface area contributed by atoms with E-state index in [9.17, 15) is 18.4 Å². The van der Waals surface area contributed by atoms with E-state index in [1.54, 1.807) is 0 Å². The van der Waals surface area contributed by atoms with E-state index in [1.807, 2.05) is 0 Å². The lowest BCUT2D eigenvalue weighted by Gasteiger charge is -2.07. The van der Waals surface area contributed by atoms with Crippen molar-refractivity contribution in [3.05, 3.63) is 65.2 Å². The normalized spacial score (nSPS) is 10.2. The van der Waals surface area contributed by atoms with Gasteiger partial charge in [0.2, 0.25) is 0 Å². The van der Waals surface area contributed by atoms with E-state index in [1.165, 1.54) is 24.3 Å². The van der Waals surface area contributed by atoms with Crippen molar-refractivity contribution >= 4 is 17.6 Å². The van der Waals surface area contributed by atoms with Crippen LogP contribution in [-0.2, 0) is 11.2 Å². The van der Waals surface area contributed by atoms with E-state index in [4.69, 9.17) is 5.11 Å². The van der Waals surface area contributed by atoms with Crippen LogP contribution >= 0.6 is 0 Å². The zero-order chi connectivity index (χ0) is 15.4. The Bertz CT molecular complexity index is 684. The van der Waals surface area contributed by atoms with Gasteiger partial charge in [-0.1, -0.05) is 12.1 Å². The van der Waals surface area contributed by atoms with Crippen LogP contribution in [0.2, 0.25) is 0 Å². The first-order valence-electron chi connectivity index (χ1n) is 6.03. The van der Waals surface area contributed by atoms with Crippen LogP contribution in [-0.4, -0.2) is 17.0 Å². The monoisotopic (exact) mass is 291 g/mol. The predicted octanol–water partition coefficient (Wildman–Crippen LogP) is 2.84. The molecule has 0 bridgehead atoms. The van der Waals surface area contributed by atoms with Crippen LogP contribution < -0.4 is 5.32 Å². The van der Waals surface area contributed by atoms with E-state index in [-0.39, 0.29) is 6.42 Å². The largest absolute Gasteiger partial charge is 0.481 e. The first-order valence-corrected chi connectivity index (χ1v) is 6.03. The van der Waals surface area contributed by atoms with Crippen LogP contribution in [0.5, 0.6) is 0 Å². The molecular formula is C15H11F2NO3. The molecular weight excluding hydrogens is 280 g/mol. The highest BCUT2D eigenvalue weighted by Gasteiger charge is 2.13. The number of amides is 1. The highest BCUT2D eigenvalue weighted by atomic mass is 19.1. The standard InChI is InChI=1S/C15H11F2NO3/c16-10-3-6-13(17)12(8-10)15(21)18-11-4-1-9(2-5-11)7-14(19)20/h1-6,8H,7H2,(H,18,21)(H,19,20). The van der Waals surface area contributed by atoms with Crippen molar-refractivity contribution in [3.8, 4) is 0 Å². The summed E-state index contributed by atoms with van der Waals surface area (Å²) >= 11 is 0. The fraction of sp³-hybridized carbons (Fsp3) is 0.0667. The molecule has 21 heavy (non-hydrogen) atoms. The Kier molecular flexibility index (Phi) is 4.27. The number of rotatable bonds is 4. The molecule has 0 fully saturated rings. The second kappa shape index (κ2) is 6.13. The average Bonchev–Trinajstić information content (AvgIpc) is 2.43. The first kappa shape index (κ1) is 14.6. The Hall–Kier alpha value is -2.76. The molecule has 2 N–H and O–H groups in total. The highest BCUT2D eigenvalue weighted by molar-refractivity contribution is 6.04. The summed E-state index contributed by atoms with van der Waals surface area (Å²) in [6.45, 7) is 0. The van der Waals surface area contributed by atoms with E-state index in [0.717, 1.165) is 18.2 Å². The van der Waals surface area contributed by atoms with Crippen LogP contribution in [0.1, 0.15) is 15.9 Å². The zero-order valence-corrected chi connectivity index (χ0v) is 10.8. The minimum Gasteiger partial charge on any atom is -0.481 e. The maximum atomic E-state index is 13.4. The molecule has 0 aliphatic rings. The number of nitrogens with one attached hydrogen (secondary N) is 1. The van der Waals surface area contributed by atoms with Crippen LogP contribution in [0.3, 0.4) is 0 Å². The Morgan fingerprint density at radius 3 is 2.33 bits per heavy atom. The molecule has 108 valence electrons. The molecule has 0 saturated heterocycles. The van der Waals surface area contributed by atoms with E-state index >= 15 is 0 Å². The number of halogens is 2. The zero-order valence-electron chi connectivity index (χ0n) is 10.8. The highest BCUT2D eigenvalue weighted by Crippen LogP contribution is 2.14. The van der Waals surface area contributed by atoms with Gasteiger partial charge in [-0.2, -0.15) is 0 Å². The Labute approximate surface area is 119 Å². The molecule has 6 heteroatoms. The van der Waals surface area contributed by atoms with Gasteiger partial charge in [0.1, 0.15) is 11.6 Å². The average molecular weight is 291 g/mol. The van der Waals surface area contributed by atoms with Crippen molar-refractivity contribution in [2.45, 2.75) is 6.42 Å². The molecule has 0 heterocycles. The molecule has 4 nitrogen and oxygen atoms in total. The summed E-state index contributed by atoms with van der Waals surface area (Å²) < 4.78 is 26.5. The van der Waals surface area contributed by atoms with Crippen molar-refractivity contribution in [1.29, 1.82) is 0 Å². The number of carbonyl (C=O) groups excluding carboxylic acids is 1. The topological polar surface area (TPSA) is 66.4 Å². The molecule has 0 unspecified atom stereocenters. The van der Waals surface area contributed by atoms with Gasteiger partial charge < -0.3 is 10.4 Å². The van der Waals surface area contributed by atoms with Gasteiger partial charge >= 0.3 is 5.97 Å². The third-order valence-electron chi connectivity index (χ3n) is 2.74. The molecule has 0 spiro atoms. The molecule has 0 radical (unpaired) electrons. The summed E-state index contributed by atoms with van der Waals surface area (Å²) in [7, 11) is 0. The number of aliphatic carboxylic acids is 1. The van der Waals surface area contributed by atoms with Gasteiger partial charge in [0.05, 0.1) is 12.0 Å². The minimum absolute atomic E-state index is 0.132. The van der Waals surface area contributed by atoms with Gasteiger partial charge in [0.15, 0.2) is 0 Å². The smallest absolute Gasteiger partial charge is 0.307 e. The fourth-order valence-corrected chi connectivity index (χ4v) is 1.75. The predicted molar refractivity (Wildman–Crippen MR) is 72.1 cm³/mol. The van der Waals surface area contributed by atoms with Gasteiger partial charge in [0, 0.05) is 5.69 Å². The maximum absolute atomic E-state index is 13.4. The first-order chi connectivity index (χ1) is 9.95. The van der Waals surface area contributed by atoms with Gasteiger partial charge in [0.25, 0.3) is 5.91 Å². The fourth-order valence-electron chi connectivity index (χ4n) is 1.75. The summed E-state index contributed by atoms with van der Waals surface area (Å²) in [6, 6.07) is 8.66. The molecule has 0 saturated carbocycles. The number of carboxylic acid groups (broad SMARTS) is 1. The number of anilines is 1. The molecule has 0 aromatic heterocycles. The van der Waals surface area contributed by atoms with Crippen molar-refractivity contribution < 1.29 is 23.5 Å². The lowest BCUT2D eigenvalue weighted by Crippen LogP contribution is -2.14. The molecule has 0 aliphatic carbocycles. The number of hydrogen-bond donors (Lipinski definition) is 2. The molecule has 1 amide bonds. The van der Waals surface area contributed by atoms with Gasteiger partial charge in [-0.05, 0) is 35.9 Å². The number of carboxylic acids is 1. The molecule has 2 rings (SSSR count). The van der Waals surface area contributed by atoms with E-state index in [0.29, 0.717) is 11.3 Å². The summed E-state index contributed by atoms with van der Waals surface area (Å²) in [5, 5.41) is 11.1. The quantitative estimate of drug-likeness (QED) is 0.910. The van der Waals surface area contributed by atoms with Crippen LogP contribution in [0.25, 0.3) is 0 Å². The summed E-state index contributed by atoms with van der Waals surface area (Å²) in [5.74, 6) is -3.28.